The third-order valence-corrected chi connectivity index (χ3v) is 2.19. The monoisotopic (exact) mass is 229 g/mol. The fraction of sp³-hybridized carbons (Fsp3) is 0.538. The zero-order valence-electron chi connectivity index (χ0n) is 10.5. The van der Waals surface area contributed by atoms with Gasteiger partial charge in [0, 0.05) is 11.6 Å². The lowest BCUT2D eigenvalue weighted by Gasteiger charge is -2.16. The summed E-state index contributed by atoms with van der Waals surface area (Å²) in [6, 6.07) is 3.46. The quantitative estimate of drug-likeness (QED) is 0.821. The van der Waals surface area contributed by atoms with Crippen molar-refractivity contribution in [2.45, 2.75) is 40.2 Å². The fourth-order valence-electron chi connectivity index (χ4n) is 1.50. The molecule has 0 fully saturated rings. The Balaban J connectivity index is 0.00000106. The summed E-state index contributed by atoms with van der Waals surface area (Å²) < 4.78 is 26.2. The molecule has 92 valence electrons. The maximum absolute atomic E-state index is 13.3. The van der Waals surface area contributed by atoms with E-state index in [4.69, 9.17) is 0 Å². The molecule has 16 heavy (non-hydrogen) atoms. The van der Waals surface area contributed by atoms with E-state index in [-0.39, 0.29) is 11.9 Å². The molecule has 1 N–H and O–H groups in total. The second-order valence-electron chi connectivity index (χ2n) is 3.18. The third kappa shape index (κ3) is 4.27. The van der Waals surface area contributed by atoms with Crippen LogP contribution in [-0.2, 0) is 0 Å². The van der Waals surface area contributed by atoms with Gasteiger partial charge < -0.3 is 5.32 Å². The first-order chi connectivity index (χ1) is 7.69. The minimum atomic E-state index is -0.391. The molecular formula is C13H21F2N. The second kappa shape index (κ2) is 8.22. The van der Waals surface area contributed by atoms with Crippen molar-refractivity contribution < 1.29 is 8.78 Å². The highest BCUT2D eigenvalue weighted by atomic mass is 19.1. The van der Waals surface area contributed by atoms with Crippen LogP contribution in [0.2, 0.25) is 0 Å². The van der Waals surface area contributed by atoms with Crippen LogP contribution in [0, 0.1) is 11.6 Å². The average Bonchev–Trinajstić information content (AvgIpc) is 2.32. The zero-order valence-corrected chi connectivity index (χ0v) is 10.5. The van der Waals surface area contributed by atoms with E-state index in [0.717, 1.165) is 19.0 Å². The Labute approximate surface area is 96.9 Å². The van der Waals surface area contributed by atoms with Crippen LogP contribution in [0.25, 0.3) is 0 Å². The van der Waals surface area contributed by atoms with Crippen molar-refractivity contribution in [3.63, 3.8) is 0 Å². The molecule has 0 aliphatic carbocycles. The number of benzene rings is 1. The van der Waals surface area contributed by atoms with Gasteiger partial charge in [-0.25, -0.2) is 8.78 Å². The summed E-state index contributed by atoms with van der Waals surface area (Å²) in [6.07, 6.45) is 0.744. The molecule has 0 radical (unpaired) electrons. The van der Waals surface area contributed by atoms with Crippen LogP contribution in [0.3, 0.4) is 0 Å². The largest absolute Gasteiger partial charge is 0.310 e. The lowest BCUT2D eigenvalue weighted by atomic mass is 10.0. The molecule has 0 saturated heterocycles. The van der Waals surface area contributed by atoms with Crippen LogP contribution >= 0.6 is 0 Å². The summed E-state index contributed by atoms with van der Waals surface area (Å²) in [5.74, 6) is -0.739. The Bertz CT molecular complexity index is 300. The van der Waals surface area contributed by atoms with Gasteiger partial charge in [-0.1, -0.05) is 27.7 Å². The van der Waals surface area contributed by atoms with E-state index < -0.39 is 5.82 Å². The molecule has 0 heterocycles. The molecule has 1 rings (SSSR count). The van der Waals surface area contributed by atoms with E-state index in [9.17, 15) is 8.78 Å². The van der Waals surface area contributed by atoms with Crippen molar-refractivity contribution in [1.82, 2.24) is 5.32 Å². The summed E-state index contributed by atoms with van der Waals surface area (Å²) >= 11 is 0. The Hall–Kier alpha value is -0.960. The van der Waals surface area contributed by atoms with Crippen LogP contribution in [-0.4, -0.2) is 6.54 Å². The van der Waals surface area contributed by atoms with Crippen molar-refractivity contribution in [3.05, 3.63) is 35.4 Å². The Morgan fingerprint density at radius 1 is 1.19 bits per heavy atom. The number of rotatable bonds is 4. The van der Waals surface area contributed by atoms with Crippen molar-refractivity contribution in [2.24, 2.45) is 0 Å². The average molecular weight is 229 g/mol. The van der Waals surface area contributed by atoms with Crippen molar-refractivity contribution in [1.29, 1.82) is 0 Å². The van der Waals surface area contributed by atoms with Crippen molar-refractivity contribution >= 4 is 0 Å². The number of nitrogens with one attached hydrogen (secondary N) is 1. The van der Waals surface area contributed by atoms with E-state index in [1.54, 1.807) is 0 Å². The van der Waals surface area contributed by atoms with Gasteiger partial charge in [-0.15, -0.1) is 0 Å². The molecule has 1 aromatic rings. The fourth-order valence-corrected chi connectivity index (χ4v) is 1.50. The molecule has 0 aliphatic heterocycles. The van der Waals surface area contributed by atoms with E-state index >= 15 is 0 Å². The summed E-state index contributed by atoms with van der Waals surface area (Å²) in [5, 5.41) is 3.11. The number of hydrogen-bond donors (Lipinski definition) is 1. The smallest absolute Gasteiger partial charge is 0.128 e. The van der Waals surface area contributed by atoms with Gasteiger partial charge in [-0.05, 0) is 31.2 Å². The lowest BCUT2D eigenvalue weighted by Crippen LogP contribution is -2.21. The maximum Gasteiger partial charge on any atom is 0.128 e. The maximum atomic E-state index is 13.3. The molecule has 1 unspecified atom stereocenters. The van der Waals surface area contributed by atoms with Crippen molar-refractivity contribution in [3.8, 4) is 0 Å². The van der Waals surface area contributed by atoms with Crippen LogP contribution in [0.15, 0.2) is 18.2 Å². The summed E-state index contributed by atoms with van der Waals surface area (Å²) in [7, 11) is 0. The van der Waals surface area contributed by atoms with Gasteiger partial charge in [0.2, 0.25) is 0 Å². The summed E-state index contributed by atoms with van der Waals surface area (Å²) in [4.78, 5) is 0. The lowest BCUT2D eigenvalue weighted by molar-refractivity contribution is 0.494. The molecule has 0 spiro atoms. The highest BCUT2D eigenvalue weighted by molar-refractivity contribution is 5.22. The molecule has 0 saturated carbocycles. The second-order valence-corrected chi connectivity index (χ2v) is 3.18. The van der Waals surface area contributed by atoms with Crippen molar-refractivity contribution in [2.75, 3.05) is 6.54 Å². The molecule has 0 bridgehead atoms. The SMILES string of the molecule is CC.CCNC(CC)c1cc(F)ccc1F. The number of halogens is 2. The van der Waals surface area contributed by atoms with Crippen LogP contribution in [0.5, 0.6) is 0 Å². The normalized spacial score (nSPS) is 11.6. The van der Waals surface area contributed by atoms with Crippen LogP contribution < -0.4 is 5.32 Å². The Kier molecular flexibility index (Phi) is 7.73. The van der Waals surface area contributed by atoms with E-state index in [1.165, 1.54) is 12.1 Å². The molecule has 1 aromatic carbocycles. The van der Waals surface area contributed by atoms with Crippen LogP contribution in [0.1, 0.15) is 45.7 Å². The molecule has 0 amide bonds. The van der Waals surface area contributed by atoms with E-state index in [0.29, 0.717) is 5.56 Å². The Morgan fingerprint density at radius 3 is 2.31 bits per heavy atom. The van der Waals surface area contributed by atoms with Gasteiger partial charge in [0.05, 0.1) is 0 Å². The highest BCUT2D eigenvalue weighted by Crippen LogP contribution is 2.20. The number of hydrogen-bond acceptors (Lipinski definition) is 1. The molecule has 1 nitrogen and oxygen atoms in total. The molecule has 1 atom stereocenters. The first-order valence-corrected chi connectivity index (χ1v) is 5.87. The van der Waals surface area contributed by atoms with E-state index in [2.05, 4.69) is 5.32 Å². The minimum absolute atomic E-state index is 0.101. The van der Waals surface area contributed by atoms with Gasteiger partial charge in [-0.2, -0.15) is 0 Å². The van der Waals surface area contributed by atoms with Gasteiger partial charge in [0.1, 0.15) is 11.6 Å². The molecule has 3 heteroatoms. The standard InChI is InChI=1S/C11H15F2N.C2H6/c1-3-11(14-4-2)9-7-8(12)5-6-10(9)13;1-2/h5-7,11,14H,3-4H2,1-2H3;1-2H3. The summed E-state index contributed by atoms with van der Waals surface area (Å²) in [6.45, 7) is 8.63. The Morgan fingerprint density at radius 2 is 1.81 bits per heavy atom. The van der Waals surface area contributed by atoms with Gasteiger partial charge in [-0.3, -0.25) is 0 Å². The topological polar surface area (TPSA) is 12.0 Å². The predicted molar refractivity (Wildman–Crippen MR) is 64.4 cm³/mol. The summed E-state index contributed by atoms with van der Waals surface area (Å²) in [5.41, 5.74) is 0.411. The first-order valence-electron chi connectivity index (χ1n) is 5.87. The zero-order chi connectivity index (χ0) is 12.6. The van der Waals surface area contributed by atoms with Gasteiger partial charge in [0.25, 0.3) is 0 Å². The predicted octanol–water partition coefficient (Wildman–Crippen LogP) is 4.05. The van der Waals surface area contributed by atoms with E-state index in [1.807, 2.05) is 27.7 Å². The van der Waals surface area contributed by atoms with Crippen LogP contribution in [0.4, 0.5) is 8.78 Å². The molecule has 0 aromatic heterocycles. The van der Waals surface area contributed by atoms with Gasteiger partial charge >= 0.3 is 0 Å². The highest BCUT2D eigenvalue weighted by Gasteiger charge is 2.13. The molecular weight excluding hydrogens is 208 g/mol. The molecule has 0 aliphatic rings. The first kappa shape index (κ1) is 15.0. The minimum Gasteiger partial charge on any atom is -0.310 e. The third-order valence-electron chi connectivity index (χ3n) is 2.19. The van der Waals surface area contributed by atoms with Gasteiger partial charge in [0.15, 0.2) is 0 Å².